The lowest BCUT2D eigenvalue weighted by Gasteiger charge is -2.05. The monoisotopic (exact) mass is 256 g/mol. The average Bonchev–Trinajstić information content (AvgIpc) is 2.41. The molecule has 18 heavy (non-hydrogen) atoms. The number of aliphatic hydroxyl groups is 1. The Balaban J connectivity index is 2.19. The molecule has 1 unspecified atom stereocenters. The van der Waals surface area contributed by atoms with E-state index in [-0.39, 0.29) is 0 Å². The van der Waals surface area contributed by atoms with E-state index in [1.165, 1.54) is 17.3 Å². The summed E-state index contributed by atoms with van der Waals surface area (Å²) in [6.45, 7) is 2.04. The van der Waals surface area contributed by atoms with Crippen molar-refractivity contribution < 1.29 is 5.11 Å². The van der Waals surface area contributed by atoms with Crippen molar-refractivity contribution in [2.24, 2.45) is 0 Å². The van der Waals surface area contributed by atoms with E-state index in [2.05, 4.69) is 4.98 Å². The molecule has 1 heterocycles. The molecule has 0 saturated heterocycles. The van der Waals surface area contributed by atoms with Crippen LogP contribution in [0.1, 0.15) is 17.4 Å². The molecule has 1 N–H and O–H groups in total. The molecule has 90 valence electrons. The van der Waals surface area contributed by atoms with Gasteiger partial charge in [-0.3, -0.25) is 0 Å². The predicted octanol–water partition coefficient (Wildman–Crippen LogP) is 3.10. The van der Waals surface area contributed by atoms with Crippen LogP contribution in [0.4, 0.5) is 0 Å². The third-order valence-electron chi connectivity index (χ3n) is 2.39. The summed E-state index contributed by atoms with van der Waals surface area (Å²) >= 11 is 1.51. The zero-order chi connectivity index (χ0) is 13.0. The van der Waals surface area contributed by atoms with E-state index in [0.29, 0.717) is 5.69 Å². The van der Waals surface area contributed by atoms with Crippen LogP contribution in [-0.2, 0) is 0 Å². The maximum absolute atomic E-state index is 9.42. The highest BCUT2D eigenvalue weighted by Gasteiger charge is 2.08. The first kappa shape index (κ1) is 12.6. The Hall–Kier alpha value is -1.83. The van der Waals surface area contributed by atoms with Crippen molar-refractivity contribution in [3.63, 3.8) is 0 Å². The van der Waals surface area contributed by atoms with E-state index in [4.69, 9.17) is 5.26 Å². The largest absolute Gasteiger partial charge is 0.373 e. The third kappa shape index (κ3) is 3.10. The van der Waals surface area contributed by atoms with Crippen LogP contribution in [0, 0.1) is 18.3 Å². The van der Waals surface area contributed by atoms with Crippen molar-refractivity contribution in [1.29, 1.82) is 5.26 Å². The standard InChI is InChI=1S/C14H12N2OS/c1-10-5-7-11(8-6-10)18-14-4-2-3-12(16-14)13(17)9-15/h2-8,13,17H,1H3. The molecule has 0 aliphatic rings. The van der Waals surface area contributed by atoms with Crippen LogP contribution in [-0.4, -0.2) is 10.1 Å². The maximum atomic E-state index is 9.42. The highest BCUT2D eigenvalue weighted by atomic mass is 32.2. The van der Waals surface area contributed by atoms with E-state index in [1.807, 2.05) is 37.3 Å². The van der Waals surface area contributed by atoms with E-state index >= 15 is 0 Å². The number of nitriles is 1. The first-order valence-corrected chi connectivity index (χ1v) is 6.30. The van der Waals surface area contributed by atoms with Gasteiger partial charge in [0.25, 0.3) is 0 Å². The first-order valence-electron chi connectivity index (χ1n) is 5.48. The van der Waals surface area contributed by atoms with Gasteiger partial charge in [-0.15, -0.1) is 0 Å². The highest BCUT2D eigenvalue weighted by molar-refractivity contribution is 7.99. The van der Waals surface area contributed by atoms with Crippen LogP contribution in [0.5, 0.6) is 0 Å². The fourth-order valence-electron chi connectivity index (χ4n) is 1.43. The molecule has 0 aliphatic carbocycles. The van der Waals surface area contributed by atoms with Crippen LogP contribution in [0.3, 0.4) is 0 Å². The van der Waals surface area contributed by atoms with Crippen molar-refractivity contribution in [3.8, 4) is 6.07 Å². The summed E-state index contributed by atoms with van der Waals surface area (Å²) in [7, 11) is 0. The molecular formula is C14H12N2OS. The lowest BCUT2D eigenvalue weighted by atomic mass is 10.2. The van der Waals surface area contributed by atoms with Gasteiger partial charge in [-0.1, -0.05) is 35.5 Å². The second-order valence-corrected chi connectivity index (χ2v) is 4.94. The Labute approximate surface area is 110 Å². The second kappa shape index (κ2) is 5.67. The van der Waals surface area contributed by atoms with Gasteiger partial charge >= 0.3 is 0 Å². The van der Waals surface area contributed by atoms with Gasteiger partial charge < -0.3 is 5.11 Å². The van der Waals surface area contributed by atoms with E-state index in [9.17, 15) is 5.11 Å². The molecule has 3 nitrogen and oxygen atoms in total. The summed E-state index contributed by atoms with van der Waals surface area (Å²) in [4.78, 5) is 5.33. The number of pyridine rings is 1. The van der Waals surface area contributed by atoms with Gasteiger partial charge in [0.2, 0.25) is 0 Å². The van der Waals surface area contributed by atoms with Gasteiger partial charge in [0.05, 0.1) is 5.69 Å². The number of benzene rings is 1. The van der Waals surface area contributed by atoms with E-state index in [0.717, 1.165) is 9.92 Å². The maximum Gasteiger partial charge on any atom is 0.183 e. The number of aromatic nitrogens is 1. The molecule has 1 aromatic carbocycles. The number of rotatable bonds is 3. The molecule has 2 aromatic rings. The summed E-state index contributed by atoms with van der Waals surface area (Å²) in [5.74, 6) is 0. The predicted molar refractivity (Wildman–Crippen MR) is 70.1 cm³/mol. The quantitative estimate of drug-likeness (QED) is 0.857. The van der Waals surface area contributed by atoms with Crippen LogP contribution in [0.2, 0.25) is 0 Å². The minimum atomic E-state index is -1.16. The summed E-state index contributed by atoms with van der Waals surface area (Å²) in [6.07, 6.45) is -1.16. The molecule has 0 fully saturated rings. The van der Waals surface area contributed by atoms with Crippen molar-refractivity contribution in [2.45, 2.75) is 22.9 Å². The van der Waals surface area contributed by atoms with Crippen molar-refractivity contribution in [3.05, 3.63) is 53.7 Å². The molecule has 0 amide bonds. The minimum absolute atomic E-state index is 0.384. The fourth-order valence-corrected chi connectivity index (χ4v) is 2.24. The molecular weight excluding hydrogens is 244 g/mol. The van der Waals surface area contributed by atoms with Crippen LogP contribution in [0.15, 0.2) is 52.4 Å². The third-order valence-corrected chi connectivity index (χ3v) is 3.34. The van der Waals surface area contributed by atoms with Gasteiger partial charge in [0.15, 0.2) is 6.10 Å². The van der Waals surface area contributed by atoms with Gasteiger partial charge in [-0.25, -0.2) is 4.98 Å². The SMILES string of the molecule is Cc1ccc(Sc2cccc(C(O)C#N)n2)cc1. The lowest BCUT2D eigenvalue weighted by Crippen LogP contribution is -1.97. The molecule has 0 saturated carbocycles. The Kier molecular flexibility index (Phi) is 3.98. The number of hydrogen-bond donors (Lipinski definition) is 1. The van der Waals surface area contributed by atoms with Crippen LogP contribution >= 0.6 is 11.8 Å². The number of aliphatic hydroxyl groups excluding tert-OH is 1. The molecule has 2 rings (SSSR count). The lowest BCUT2D eigenvalue weighted by molar-refractivity contribution is 0.230. The van der Waals surface area contributed by atoms with Gasteiger partial charge in [-0.2, -0.15) is 5.26 Å². The summed E-state index contributed by atoms with van der Waals surface area (Å²) in [6, 6.07) is 15.2. The zero-order valence-corrected chi connectivity index (χ0v) is 10.7. The molecule has 0 spiro atoms. The van der Waals surface area contributed by atoms with Crippen LogP contribution in [0.25, 0.3) is 0 Å². The average molecular weight is 256 g/mol. The van der Waals surface area contributed by atoms with Crippen LogP contribution < -0.4 is 0 Å². The molecule has 0 bridgehead atoms. The van der Waals surface area contributed by atoms with E-state index in [1.54, 1.807) is 18.2 Å². The first-order chi connectivity index (χ1) is 8.69. The Morgan fingerprint density at radius 2 is 1.94 bits per heavy atom. The number of aryl methyl sites for hydroxylation is 1. The second-order valence-electron chi connectivity index (χ2n) is 3.85. The molecule has 0 radical (unpaired) electrons. The van der Waals surface area contributed by atoms with Crippen molar-refractivity contribution in [2.75, 3.05) is 0 Å². The number of nitrogens with zero attached hydrogens (tertiary/aromatic N) is 2. The number of hydrogen-bond acceptors (Lipinski definition) is 4. The van der Waals surface area contributed by atoms with Crippen molar-refractivity contribution in [1.82, 2.24) is 4.98 Å². The fraction of sp³-hybridized carbons (Fsp3) is 0.143. The molecule has 1 aromatic heterocycles. The molecule has 1 atom stereocenters. The normalized spacial score (nSPS) is 11.8. The summed E-state index contributed by atoms with van der Waals surface area (Å²) < 4.78 is 0. The summed E-state index contributed by atoms with van der Waals surface area (Å²) in [5, 5.41) is 18.8. The molecule has 4 heteroatoms. The Morgan fingerprint density at radius 3 is 2.61 bits per heavy atom. The smallest absolute Gasteiger partial charge is 0.183 e. The molecule has 0 aliphatic heterocycles. The van der Waals surface area contributed by atoms with Crippen molar-refractivity contribution >= 4 is 11.8 Å². The Morgan fingerprint density at radius 1 is 1.22 bits per heavy atom. The highest BCUT2D eigenvalue weighted by Crippen LogP contribution is 2.26. The van der Waals surface area contributed by atoms with E-state index < -0.39 is 6.10 Å². The Bertz CT molecular complexity index is 575. The minimum Gasteiger partial charge on any atom is -0.373 e. The van der Waals surface area contributed by atoms with Gasteiger partial charge in [0.1, 0.15) is 11.1 Å². The zero-order valence-electron chi connectivity index (χ0n) is 9.87. The summed E-state index contributed by atoms with van der Waals surface area (Å²) in [5.41, 5.74) is 1.59. The van der Waals surface area contributed by atoms with Gasteiger partial charge in [-0.05, 0) is 31.2 Å². The van der Waals surface area contributed by atoms with Gasteiger partial charge in [0, 0.05) is 4.90 Å². The topological polar surface area (TPSA) is 56.9 Å².